The van der Waals surface area contributed by atoms with Crippen LogP contribution in [0.5, 0.6) is 0 Å². The molecular formula is C8H8FNO3S. The normalized spacial score (nSPS) is 12.1. The first-order chi connectivity index (χ1) is 6.50. The van der Waals surface area contributed by atoms with Crippen LogP contribution in [0, 0.1) is 5.82 Å². The molecule has 0 aliphatic carbocycles. The third kappa shape index (κ3) is 2.53. The topological polar surface area (TPSA) is 66.4 Å². The molecule has 76 valence electrons. The summed E-state index contributed by atoms with van der Waals surface area (Å²) in [5.41, 5.74) is -0.0973. The van der Waals surface area contributed by atoms with Gasteiger partial charge >= 0.3 is 5.97 Å². The summed E-state index contributed by atoms with van der Waals surface area (Å²) in [4.78, 5) is 10.6. The Labute approximate surface area is 82.3 Å². The zero-order valence-corrected chi connectivity index (χ0v) is 8.10. The van der Waals surface area contributed by atoms with E-state index in [-0.39, 0.29) is 11.3 Å². The molecule has 1 unspecified atom stereocenters. The van der Waals surface area contributed by atoms with Gasteiger partial charge in [-0.3, -0.25) is 0 Å². The fraction of sp³-hybridized carbons (Fsp3) is 0.125. The van der Waals surface area contributed by atoms with Crippen LogP contribution in [-0.2, 0) is 11.0 Å². The maximum atomic E-state index is 12.7. The van der Waals surface area contributed by atoms with Crippen molar-refractivity contribution < 1.29 is 18.5 Å². The van der Waals surface area contributed by atoms with Crippen molar-refractivity contribution in [2.24, 2.45) is 0 Å². The molecule has 14 heavy (non-hydrogen) atoms. The van der Waals surface area contributed by atoms with Crippen LogP contribution in [0.25, 0.3) is 0 Å². The predicted molar refractivity (Wildman–Crippen MR) is 51.0 cm³/mol. The van der Waals surface area contributed by atoms with Gasteiger partial charge in [0.05, 0.1) is 11.3 Å². The summed E-state index contributed by atoms with van der Waals surface area (Å²) in [6.45, 7) is 0. The van der Waals surface area contributed by atoms with Crippen molar-refractivity contribution in [3.8, 4) is 0 Å². The lowest BCUT2D eigenvalue weighted by Gasteiger charge is -2.05. The minimum atomic E-state index is -1.39. The van der Waals surface area contributed by atoms with Crippen LogP contribution in [-0.4, -0.2) is 21.5 Å². The molecule has 1 aromatic rings. The lowest BCUT2D eigenvalue weighted by molar-refractivity contribution is 0.0697. The Morgan fingerprint density at radius 1 is 1.57 bits per heavy atom. The molecule has 6 heteroatoms. The van der Waals surface area contributed by atoms with Crippen molar-refractivity contribution in [3.05, 3.63) is 29.6 Å². The molecule has 0 radical (unpaired) electrons. The third-order valence-corrected chi connectivity index (χ3v) is 1.97. The quantitative estimate of drug-likeness (QED) is 0.800. The van der Waals surface area contributed by atoms with E-state index in [4.69, 9.17) is 5.11 Å². The van der Waals surface area contributed by atoms with Crippen molar-refractivity contribution in [2.45, 2.75) is 0 Å². The maximum absolute atomic E-state index is 12.7. The van der Waals surface area contributed by atoms with E-state index in [0.29, 0.717) is 0 Å². The van der Waals surface area contributed by atoms with E-state index in [1.54, 1.807) is 0 Å². The van der Waals surface area contributed by atoms with E-state index < -0.39 is 22.8 Å². The number of aromatic carboxylic acids is 1. The molecule has 0 fully saturated rings. The van der Waals surface area contributed by atoms with Crippen molar-refractivity contribution in [2.75, 3.05) is 11.0 Å². The van der Waals surface area contributed by atoms with Gasteiger partial charge in [0.25, 0.3) is 0 Å². The number of nitrogens with one attached hydrogen (secondary N) is 1. The Hall–Kier alpha value is -1.43. The number of rotatable bonds is 3. The van der Waals surface area contributed by atoms with Gasteiger partial charge in [-0.25, -0.2) is 13.4 Å². The first-order valence-electron chi connectivity index (χ1n) is 3.63. The second kappa shape index (κ2) is 4.19. The van der Waals surface area contributed by atoms with Gasteiger partial charge in [0, 0.05) is 6.26 Å². The highest BCUT2D eigenvalue weighted by Gasteiger charge is 2.11. The van der Waals surface area contributed by atoms with Crippen LogP contribution < -0.4 is 4.72 Å². The third-order valence-electron chi connectivity index (χ3n) is 1.47. The van der Waals surface area contributed by atoms with Crippen LogP contribution in [0.1, 0.15) is 10.4 Å². The number of benzene rings is 1. The predicted octanol–water partition coefficient (Wildman–Crippen LogP) is 1.23. The van der Waals surface area contributed by atoms with Gasteiger partial charge in [-0.15, -0.1) is 0 Å². The van der Waals surface area contributed by atoms with Crippen molar-refractivity contribution in [3.63, 3.8) is 0 Å². The Bertz CT molecular complexity index is 394. The van der Waals surface area contributed by atoms with Crippen molar-refractivity contribution in [1.29, 1.82) is 0 Å². The van der Waals surface area contributed by atoms with Crippen molar-refractivity contribution in [1.82, 2.24) is 0 Å². The molecule has 0 saturated carbocycles. The summed E-state index contributed by atoms with van der Waals surface area (Å²) < 4.78 is 25.9. The molecule has 0 bridgehead atoms. The van der Waals surface area contributed by atoms with Crippen LogP contribution in [0.3, 0.4) is 0 Å². The smallest absolute Gasteiger partial charge is 0.337 e. The van der Waals surface area contributed by atoms with Gasteiger partial charge in [0.15, 0.2) is 0 Å². The number of halogens is 1. The van der Waals surface area contributed by atoms with Crippen molar-refractivity contribution >= 4 is 22.6 Å². The standard InChI is InChI=1S/C8H8FNO3S/c1-14(13)10-7-3-2-5(9)4-6(7)8(11)12/h2-4,10H,1H3,(H,11,12). The Morgan fingerprint density at radius 3 is 2.71 bits per heavy atom. The molecule has 0 aliphatic heterocycles. The Morgan fingerprint density at radius 2 is 2.21 bits per heavy atom. The second-order valence-corrected chi connectivity index (χ2v) is 3.66. The highest BCUT2D eigenvalue weighted by molar-refractivity contribution is 7.85. The Kier molecular flexibility index (Phi) is 3.19. The molecule has 0 aliphatic rings. The molecule has 1 aromatic carbocycles. The fourth-order valence-corrected chi connectivity index (χ4v) is 1.42. The number of carboxylic acids is 1. The van der Waals surface area contributed by atoms with E-state index >= 15 is 0 Å². The molecule has 1 atom stereocenters. The van der Waals surface area contributed by atoms with Gasteiger partial charge in [-0.1, -0.05) is 0 Å². The van der Waals surface area contributed by atoms with E-state index in [9.17, 15) is 13.4 Å². The van der Waals surface area contributed by atoms with E-state index in [1.807, 2.05) is 0 Å². The molecule has 0 spiro atoms. The van der Waals surface area contributed by atoms with Crippen LogP contribution in [0.4, 0.5) is 10.1 Å². The van der Waals surface area contributed by atoms with Gasteiger partial charge in [-0.2, -0.15) is 0 Å². The molecular weight excluding hydrogens is 209 g/mol. The molecule has 0 aromatic heterocycles. The fourth-order valence-electron chi connectivity index (χ4n) is 0.937. The summed E-state index contributed by atoms with van der Waals surface area (Å²) in [6.07, 6.45) is 1.36. The monoisotopic (exact) mass is 217 g/mol. The summed E-state index contributed by atoms with van der Waals surface area (Å²) in [6, 6.07) is 3.21. The number of carboxylic acid groups (broad SMARTS) is 1. The zero-order valence-electron chi connectivity index (χ0n) is 7.28. The number of carbonyl (C=O) groups is 1. The molecule has 4 nitrogen and oxygen atoms in total. The van der Waals surface area contributed by atoms with Crippen LogP contribution >= 0.6 is 0 Å². The average molecular weight is 217 g/mol. The lowest BCUT2D eigenvalue weighted by Crippen LogP contribution is -2.08. The summed E-state index contributed by atoms with van der Waals surface area (Å²) in [5.74, 6) is -1.91. The molecule has 1 rings (SSSR count). The SMILES string of the molecule is CS(=O)Nc1ccc(F)cc1C(=O)O. The average Bonchev–Trinajstić information content (AvgIpc) is 2.07. The van der Waals surface area contributed by atoms with Crippen LogP contribution in [0.15, 0.2) is 18.2 Å². The van der Waals surface area contributed by atoms with E-state index in [0.717, 1.165) is 12.1 Å². The number of hydrogen-bond acceptors (Lipinski definition) is 2. The number of hydrogen-bond donors (Lipinski definition) is 2. The summed E-state index contributed by atoms with van der Waals surface area (Å²) in [5, 5.41) is 8.70. The summed E-state index contributed by atoms with van der Waals surface area (Å²) in [7, 11) is -1.39. The van der Waals surface area contributed by atoms with Gasteiger partial charge in [0.2, 0.25) is 0 Å². The Balaban J connectivity index is 3.14. The van der Waals surface area contributed by atoms with Gasteiger partial charge in [0.1, 0.15) is 16.8 Å². The van der Waals surface area contributed by atoms with Crippen LogP contribution in [0.2, 0.25) is 0 Å². The van der Waals surface area contributed by atoms with Gasteiger partial charge < -0.3 is 9.83 Å². The second-order valence-electron chi connectivity index (χ2n) is 2.55. The minimum absolute atomic E-state index is 0.139. The first-order valence-corrected chi connectivity index (χ1v) is 5.19. The van der Waals surface area contributed by atoms with E-state index in [2.05, 4.69) is 4.72 Å². The molecule has 0 heterocycles. The highest BCUT2D eigenvalue weighted by Crippen LogP contribution is 2.17. The van der Waals surface area contributed by atoms with Gasteiger partial charge in [-0.05, 0) is 18.2 Å². The zero-order chi connectivity index (χ0) is 10.7. The minimum Gasteiger partial charge on any atom is -0.478 e. The summed E-state index contributed by atoms with van der Waals surface area (Å²) >= 11 is 0. The molecule has 0 amide bonds. The molecule has 2 N–H and O–H groups in total. The lowest BCUT2D eigenvalue weighted by atomic mass is 10.2. The molecule has 0 saturated heterocycles. The largest absolute Gasteiger partial charge is 0.478 e. The number of anilines is 1. The maximum Gasteiger partial charge on any atom is 0.337 e. The first kappa shape index (κ1) is 10.6. The van der Waals surface area contributed by atoms with E-state index in [1.165, 1.54) is 12.3 Å². The highest BCUT2D eigenvalue weighted by atomic mass is 32.2.